The van der Waals surface area contributed by atoms with Crippen LogP contribution >= 0.6 is 13.5 Å². The normalized spacial score (nSPS) is 16.7. The maximum absolute atomic E-state index is 12.9. The Bertz CT molecular complexity index is 1210. The average Bonchev–Trinajstić information content (AvgIpc) is 3.46. The second-order valence-corrected chi connectivity index (χ2v) is 10.3. The molecule has 0 aliphatic carbocycles. The number of fused-ring (bicyclic) bond motifs is 1. The number of β-amino-alcohol motifs (C(OH)–C–C–N with tert-alkyl or cyclic N) is 1. The first-order valence-electron chi connectivity index (χ1n) is 13.5. The smallest absolute Gasteiger partial charge is 0.181 e. The van der Waals surface area contributed by atoms with Crippen LogP contribution in [-0.2, 0) is 24.3 Å². The van der Waals surface area contributed by atoms with Crippen LogP contribution in [0.3, 0.4) is 0 Å². The minimum Gasteiger partial charge on any atom is -0.485 e. The number of aliphatic hydroxyl groups is 1. The van der Waals surface area contributed by atoms with E-state index in [1.165, 1.54) is 17.5 Å². The van der Waals surface area contributed by atoms with E-state index in [9.17, 15) is 9.90 Å². The van der Waals surface area contributed by atoms with E-state index in [2.05, 4.69) is 28.2 Å². The summed E-state index contributed by atoms with van der Waals surface area (Å²) in [5.41, 5.74) is 5.39. The number of benzene rings is 2. The van der Waals surface area contributed by atoms with Gasteiger partial charge in [-0.3, -0.25) is 9.69 Å². The van der Waals surface area contributed by atoms with Gasteiger partial charge in [0, 0.05) is 56.6 Å². The van der Waals surface area contributed by atoms with Crippen molar-refractivity contribution >= 4 is 25.0 Å². The molecule has 39 heavy (non-hydrogen) atoms. The molecule has 1 aromatic heterocycles. The molecule has 1 fully saturated rings. The summed E-state index contributed by atoms with van der Waals surface area (Å²) in [7, 11) is 0. The summed E-state index contributed by atoms with van der Waals surface area (Å²) < 4.78 is 16.6. The average molecular weight is 554 g/mol. The highest BCUT2D eigenvalue weighted by Gasteiger charge is 2.22. The first-order chi connectivity index (χ1) is 18.5. The largest absolute Gasteiger partial charge is 0.485 e. The van der Waals surface area contributed by atoms with Crippen molar-refractivity contribution in [2.45, 2.75) is 64.3 Å². The monoisotopic (exact) mass is 553 g/mol. The highest BCUT2D eigenvalue weighted by molar-refractivity contribution is 7.59. The highest BCUT2D eigenvalue weighted by atomic mass is 32.1. The van der Waals surface area contributed by atoms with Gasteiger partial charge < -0.3 is 24.3 Å². The number of Topliss-reactive ketones (excluding diaryl/α,β-unsaturated/α-hetero) is 1. The van der Waals surface area contributed by atoms with Crippen LogP contribution in [0, 0.1) is 6.92 Å². The lowest BCUT2D eigenvalue weighted by atomic mass is 9.94. The van der Waals surface area contributed by atoms with E-state index in [1.54, 1.807) is 6.20 Å². The lowest BCUT2D eigenvalue weighted by Crippen LogP contribution is -2.37. The molecule has 0 radical (unpaired) electrons. The lowest BCUT2D eigenvalue weighted by Gasteiger charge is -2.31. The van der Waals surface area contributed by atoms with Crippen molar-refractivity contribution in [1.82, 2.24) is 9.88 Å². The Morgan fingerprint density at radius 2 is 2.10 bits per heavy atom. The van der Waals surface area contributed by atoms with Crippen molar-refractivity contribution in [3.8, 4) is 5.75 Å². The van der Waals surface area contributed by atoms with Gasteiger partial charge >= 0.3 is 0 Å². The lowest BCUT2D eigenvalue weighted by molar-refractivity contribution is 0.0836. The minimum atomic E-state index is -0.547. The van der Waals surface area contributed by atoms with Crippen LogP contribution in [0.25, 0.3) is 0 Å². The summed E-state index contributed by atoms with van der Waals surface area (Å²) in [5, 5.41) is 14.2. The number of aliphatic hydroxyl groups excluding tert-OH is 1. The van der Waals surface area contributed by atoms with E-state index in [4.69, 9.17) is 13.9 Å². The Labute approximate surface area is 237 Å². The third-order valence-electron chi connectivity index (χ3n) is 7.52. The second kappa shape index (κ2) is 14.0. The Balaban J connectivity index is 0.00000353. The van der Waals surface area contributed by atoms with Crippen LogP contribution < -0.4 is 10.1 Å². The van der Waals surface area contributed by atoms with Gasteiger partial charge in [-0.05, 0) is 67.5 Å². The quantitative estimate of drug-likeness (QED) is 0.331. The first kappa shape index (κ1) is 29.1. The summed E-state index contributed by atoms with van der Waals surface area (Å²) in [6.45, 7) is 6.20. The number of nitrogens with one attached hydrogen (secondary N) is 1. The van der Waals surface area contributed by atoms with Gasteiger partial charge in [-0.1, -0.05) is 18.2 Å². The molecule has 5 rings (SSSR count). The van der Waals surface area contributed by atoms with Gasteiger partial charge in [-0.15, -0.1) is 0 Å². The van der Waals surface area contributed by atoms with Gasteiger partial charge in [0.15, 0.2) is 17.9 Å². The van der Waals surface area contributed by atoms with Crippen molar-refractivity contribution in [3.05, 3.63) is 77.0 Å². The van der Waals surface area contributed by atoms with E-state index in [0.29, 0.717) is 43.4 Å². The first-order valence-corrected chi connectivity index (χ1v) is 13.5. The van der Waals surface area contributed by atoms with Gasteiger partial charge in [0.25, 0.3) is 0 Å². The van der Waals surface area contributed by atoms with Crippen molar-refractivity contribution in [1.29, 1.82) is 0 Å². The summed E-state index contributed by atoms with van der Waals surface area (Å²) in [5.74, 6) is 1.62. The van der Waals surface area contributed by atoms with E-state index >= 15 is 0 Å². The molecule has 0 saturated carbocycles. The Morgan fingerprint density at radius 3 is 2.90 bits per heavy atom. The van der Waals surface area contributed by atoms with Crippen LogP contribution in [0.2, 0.25) is 0 Å². The van der Waals surface area contributed by atoms with Crippen LogP contribution in [0.15, 0.2) is 53.4 Å². The number of aromatic nitrogens is 1. The van der Waals surface area contributed by atoms with Crippen molar-refractivity contribution in [2.24, 2.45) is 0 Å². The molecule has 0 amide bonds. The molecule has 9 heteroatoms. The van der Waals surface area contributed by atoms with Crippen molar-refractivity contribution < 1.29 is 23.8 Å². The zero-order valence-electron chi connectivity index (χ0n) is 22.5. The molecule has 1 saturated heterocycles. The van der Waals surface area contributed by atoms with Crippen molar-refractivity contribution in [2.75, 3.05) is 31.6 Å². The Morgan fingerprint density at radius 1 is 1.26 bits per heavy atom. The number of oxazole rings is 1. The number of ether oxygens (including phenoxy) is 2. The van der Waals surface area contributed by atoms with Gasteiger partial charge in [0.2, 0.25) is 0 Å². The fourth-order valence-electron chi connectivity index (χ4n) is 5.34. The SMILES string of the molecule is Cc1c(OCc2cnco2)ccc2c1CCN(C[C@@H](O)CCC(=O)c1cccc(NC3CCOCC3)c1)C2.S. The number of anilines is 1. The third-order valence-corrected chi connectivity index (χ3v) is 7.52. The van der Waals surface area contributed by atoms with E-state index in [0.717, 1.165) is 62.6 Å². The van der Waals surface area contributed by atoms with Crippen molar-refractivity contribution in [3.63, 3.8) is 0 Å². The number of nitrogens with zero attached hydrogens (tertiary/aromatic N) is 2. The predicted octanol–water partition coefficient (Wildman–Crippen LogP) is 4.65. The summed E-state index contributed by atoms with van der Waals surface area (Å²) in [4.78, 5) is 19.0. The van der Waals surface area contributed by atoms with E-state index < -0.39 is 6.10 Å². The second-order valence-electron chi connectivity index (χ2n) is 10.3. The zero-order valence-corrected chi connectivity index (χ0v) is 23.5. The molecular formula is C30H39N3O5S. The number of hydrogen-bond donors (Lipinski definition) is 2. The topological polar surface area (TPSA) is 97.1 Å². The molecule has 3 aromatic rings. The van der Waals surface area contributed by atoms with Crippen LogP contribution in [-0.4, -0.2) is 59.2 Å². The molecule has 0 spiro atoms. The van der Waals surface area contributed by atoms with Gasteiger partial charge in [0.05, 0.1) is 12.3 Å². The maximum Gasteiger partial charge on any atom is 0.181 e. The number of ketones is 1. The molecular weight excluding hydrogens is 514 g/mol. The summed E-state index contributed by atoms with van der Waals surface area (Å²) >= 11 is 0. The number of carbonyl (C=O) groups excluding carboxylic acids is 1. The van der Waals surface area contributed by atoms with Crippen LogP contribution in [0.1, 0.15) is 58.5 Å². The number of carbonyl (C=O) groups is 1. The highest BCUT2D eigenvalue weighted by Crippen LogP contribution is 2.30. The van der Waals surface area contributed by atoms with Crippen LogP contribution in [0.4, 0.5) is 5.69 Å². The molecule has 2 aliphatic rings. The molecule has 0 bridgehead atoms. The molecule has 1 atom stereocenters. The molecule has 0 unspecified atom stereocenters. The fourth-order valence-corrected chi connectivity index (χ4v) is 5.34. The third kappa shape index (κ3) is 7.85. The molecule has 2 aromatic carbocycles. The minimum absolute atomic E-state index is 0. The standard InChI is InChI=1S/C30H37N3O5.H2S/c1-21-28-9-12-33(17-23(28)5-8-30(21)37-19-27-16-31-20-38-27)18-26(34)6-7-29(35)22-3-2-4-25(15-22)32-24-10-13-36-14-11-24;/h2-5,8,15-16,20,24,26,32,34H,6-7,9-14,17-19H2,1H3;1H2/t26-;/m0./s1. The molecule has 210 valence electrons. The number of hydrogen-bond acceptors (Lipinski definition) is 8. The molecule has 3 heterocycles. The fraction of sp³-hybridized carbons (Fsp3) is 0.467. The van der Waals surface area contributed by atoms with Gasteiger partial charge in [0.1, 0.15) is 12.4 Å². The molecule has 8 nitrogen and oxygen atoms in total. The van der Waals surface area contributed by atoms with E-state index in [-0.39, 0.29) is 19.3 Å². The van der Waals surface area contributed by atoms with E-state index in [1.807, 2.05) is 30.3 Å². The predicted molar refractivity (Wildman–Crippen MR) is 155 cm³/mol. The molecule has 2 aliphatic heterocycles. The van der Waals surface area contributed by atoms with Crippen LogP contribution in [0.5, 0.6) is 5.75 Å². The molecule has 2 N–H and O–H groups in total. The Hall–Kier alpha value is -2.85. The Kier molecular flexibility index (Phi) is 10.4. The van der Waals surface area contributed by atoms with Gasteiger partial charge in [-0.2, -0.15) is 13.5 Å². The maximum atomic E-state index is 12.9. The summed E-state index contributed by atoms with van der Waals surface area (Å²) in [6, 6.07) is 12.2. The zero-order chi connectivity index (χ0) is 26.3. The number of rotatable bonds is 11. The van der Waals surface area contributed by atoms with Gasteiger partial charge in [-0.25, -0.2) is 4.98 Å². The summed E-state index contributed by atoms with van der Waals surface area (Å²) in [6.07, 6.45) is 6.15.